The second-order valence-corrected chi connectivity index (χ2v) is 15.8. The molecule has 1 atom stereocenters. The quantitative estimate of drug-likeness (QED) is 0.122. The van der Waals surface area contributed by atoms with Crippen LogP contribution in [0.3, 0.4) is 0 Å². The molecule has 0 bridgehead atoms. The van der Waals surface area contributed by atoms with Gasteiger partial charge < -0.3 is 24.8 Å². The maximum atomic E-state index is 13.3. The molecule has 61 heavy (non-hydrogen) atoms. The number of hydrogen-bond donors (Lipinski definition) is 2. The minimum Gasteiger partial charge on any atom is -0.493 e. The number of amides is 7. The summed E-state index contributed by atoms with van der Waals surface area (Å²) in [5, 5.41) is 5.13. The van der Waals surface area contributed by atoms with Crippen LogP contribution in [-0.2, 0) is 19.2 Å². The lowest BCUT2D eigenvalue weighted by Crippen LogP contribution is -2.54. The first kappa shape index (κ1) is 42.7. The average molecular weight is 833 g/mol. The highest BCUT2D eigenvalue weighted by Gasteiger charge is 2.46. The number of rotatable bonds is 16. The van der Waals surface area contributed by atoms with Gasteiger partial charge in [0.15, 0.2) is 0 Å². The zero-order valence-corrected chi connectivity index (χ0v) is 34.3. The molecule has 0 saturated carbocycles. The van der Waals surface area contributed by atoms with Crippen molar-refractivity contribution in [3.05, 3.63) is 89.4 Å². The Bertz CT molecular complexity index is 2130. The van der Waals surface area contributed by atoms with E-state index < -0.39 is 29.7 Å². The number of nitrogens with zero attached hydrogens (tertiary/aromatic N) is 6. The Labute approximate surface area is 354 Å². The van der Waals surface area contributed by atoms with Crippen molar-refractivity contribution in [1.82, 2.24) is 35.3 Å². The molecule has 320 valence electrons. The zero-order valence-electron chi connectivity index (χ0n) is 34.3. The molecule has 7 rings (SSSR count). The van der Waals surface area contributed by atoms with Gasteiger partial charge in [0.05, 0.1) is 23.3 Å². The number of carbonyl (C=O) groups excluding carboxylic acids is 7. The fourth-order valence-corrected chi connectivity index (χ4v) is 8.29. The summed E-state index contributed by atoms with van der Waals surface area (Å²) in [6.45, 7) is 4.67. The Balaban J connectivity index is 0.761. The predicted octanol–water partition coefficient (Wildman–Crippen LogP) is 3.63. The van der Waals surface area contributed by atoms with Crippen molar-refractivity contribution in [2.24, 2.45) is 5.92 Å². The largest absolute Gasteiger partial charge is 0.493 e. The summed E-state index contributed by atoms with van der Waals surface area (Å²) in [5.74, 6) is -0.802. The highest BCUT2D eigenvalue weighted by Crippen LogP contribution is 2.34. The van der Waals surface area contributed by atoms with Crippen LogP contribution in [0.2, 0.25) is 0 Å². The molecule has 2 aromatic heterocycles. The van der Waals surface area contributed by atoms with E-state index in [4.69, 9.17) is 4.74 Å². The van der Waals surface area contributed by atoms with Crippen LogP contribution in [0, 0.1) is 5.92 Å². The minimum atomic E-state index is -1.05. The maximum absolute atomic E-state index is 13.3. The monoisotopic (exact) mass is 832 g/mol. The number of carbonyl (C=O) groups is 7. The van der Waals surface area contributed by atoms with Crippen LogP contribution < -0.4 is 20.3 Å². The number of imide groups is 2. The molecule has 3 aromatic rings. The van der Waals surface area contributed by atoms with Gasteiger partial charge in [-0.25, -0.2) is 4.98 Å². The number of hydrogen-bond acceptors (Lipinski definition) is 11. The molecule has 0 spiro atoms. The number of pyridine rings is 2. The van der Waals surface area contributed by atoms with Gasteiger partial charge in [-0.2, -0.15) is 0 Å². The third kappa shape index (κ3) is 10.7. The van der Waals surface area contributed by atoms with Gasteiger partial charge in [-0.3, -0.25) is 48.8 Å². The van der Waals surface area contributed by atoms with Crippen LogP contribution in [0.25, 0.3) is 6.08 Å². The molecule has 0 radical (unpaired) electrons. The topological polar surface area (TPSA) is 192 Å². The fraction of sp³-hybridized carbons (Fsp3) is 0.444. The van der Waals surface area contributed by atoms with Crippen LogP contribution in [0.5, 0.6) is 5.75 Å². The number of unbranched alkanes of at least 4 members (excludes halogenated alkanes) is 2. The normalized spacial score (nSPS) is 18.4. The van der Waals surface area contributed by atoms with Crippen LogP contribution in [0.15, 0.2) is 67.1 Å². The summed E-state index contributed by atoms with van der Waals surface area (Å²) >= 11 is 0. The van der Waals surface area contributed by atoms with E-state index in [1.54, 1.807) is 36.8 Å². The van der Waals surface area contributed by atoms with Crippen molar-refractivity contribution >= 4 is 53.2 Å². The molecule has 7 amide bonds. The second-order valence-electron chi connectivity index (χ2n) is 15.8. The molecule has 4 aliphatic rings. The standard InChI is InChI=1S/C45H52N8O8/c54-38(16-12-32-8-6-20-46-29-32)47-21-3-1-7-31-18-22-52(23-19-31)43(58)33-13-15-37(48-30-33)50-24-26-51(27-25-50)40(56)11-2-4-28-61-36-10-5-9-34-41(36)45(60)53(44(34)59)35-14-17-39(55)49-42(35)57/h5-6,8-10,12-13,15-16,20,29-31,35H,1-4,7,11,14,17-19,21-28H2,(H,47,54)(H,49,55,57)/b16-12+. The number of nitrogens with one attached hydrogen (secondary N) is 2. The number of ether oxygens (including phenoxy) is 1. The summed E-state index contributed by atoms with van der Waals surface area (Å²) in [6.07, 6.45) is 14.9. The highest BCUT2D eigenvalue weighted by atomic mass is 16.5. The van der Waals surface area contributed by atoms with Crippen LogP contribution in [0.1, 0.15) is 101 Å². The zero-order chi connectivity index (χ0) is 42.7. The molecule has 2 N–H and O–H groups in total. The third-order valence-electron chi connectivity index (χ3n) is 11.8. The number of likely N-dealkylation sites (tertiary alicyclic amines) is 1. The number of piperazine rings is 1. The fourth-order valence-electron chi connectivity index (χ4n) is 8.29. The van der Waals surface area contributed by atoms with E-state index >= 15 is 0 Å². The Kier molecular flexibility index (Phi) is 14.1. The number of anilines is 1. The Morgan fingerprint density at radius 3 is 2.39 bits per heavy atom. The summed E-state index contributed by atoms with van der Waals surface area (Å²) < 4.78 is 5.91. The molecule has 0 aliphatic carbocycles. The molecule has 1 unspecified atom stereocenters. The van der Waals surface area contributed by atoms with Crippen LogP contribution >= 0.6 is 0 Å². The molecule has 3 fully saturated rings. The lowest BCUT2D eigenvalue weighted by atomic mass is 9.91. The molecule has 16 nitrogen and oxygen atoms in total. The van der Waals surface area contributed by atoms with Gasteiger partial charge in [-0.05, 0) is 86.4 Å². The number of aromatic nitrogens is 2. The predicted molar refractivity (Wildman–Crippen MR) is 224 cm³/mol. The van der Waals surface area contributed by atoms with E-state index in [2.05, 4.69) is 25.5 Å². The van der Waals surface area contributed by atoms with Gasteiger partial charge >= 0.3 is 0 Å². The van der Waals surface area contributed by atoms with Crippen molar-refractivity contribution in [3.63, 3.8) is 0 Å². The maximum Gasteiger partial charge on any atom is 0.266 e. The molecule has 3 saturated heterocycles. The van der Waals surface area contributed by atoms with Gasteiger partial charge in [-0.1, -0.05) is 25.0 Å². The van der Waals surface area contributed by atoms with Gasteiger partial charge in [0.2, 0.25) is 23.6 Å². The number of piperidine rings is 2. The molecular formula is C45H52N8O8. The smallest absolute Gasteiger partial charge is 0.266 e. The number of benzene rings is 1. The van der Waals surface area contributed by atoms with Crippen molar-refractivity contribution in [2.45, 2.75) is 70.3 Å². The molecule has 1 aromatic carbocycles. The van der Waals surface area contributed by atoms with E-state index in [-0.39, 0.29) is 54.0 Å². The van der Waals surface area contributed by atoms with E-state index in [0.29, 0.717) is 63.5 Å². The highest BCUT2D eigenvalue weighted by molar-refractivity contribution is 6.24. The first-order chi connectivity index (χ1) is 29.7. The van der Waals surface area contributed by atoms with Crippen molar-refractivity contribution in [3.8, 4) is 5.75 Å². The lowest BCUT2D eigenvalue weighted by Gasteiger charge is -2.35. The molecular weight excluding hydrogens is 781 g/mol. The summed E-state index contributed by atoms with van der Waals surface area (Å²) in [4.78, 5) is 104. The Hall–Kier alpha value is -6.45. The third-order valence-corrected chi connectivity index (χ3v) is 11.8. The first-order valence-corrected chi connectivity index (χ1v) is 21.3. The van der Waals surface area contributed by atoms with Gasteiger partial charge in [-0.15, -0.1) is 0 Å². The van der Waals surface area contributed by atoms with Crippen molar-refractivity contribution < 1.29 is 38.3 Å². The van der Waals surface area contributed by atoms with Crippen molar-refractivity contribution in [1.29, 1.82) is 0 Å². The molecule has 16 heteroatoms. The SMILES string of the molecule is O=C(/C=C/c1cccnc1)NCCCCC1CCN(C(=O)c2ccc(N3CCN(C(=O)CCCCOc4cccc5c4C(=O)N(C4CCC(=O)NC4=O)C5=O)CC3)nc2)CC1. The summed E-state index contributed by atoms with van der Waals surface area (Å²) in [6, 6.07) is 11.1. The van der Waals surface area contributed by atoms with Crippen molar-refractivity contribution in [2.75, 3.05) is 57.3 Å². The summed E-state index contributed by atoms with van der Waals surface area (Å²) in [7, 11) is 0. The lowest BCUT2D eigenvalue weighted by molar-refractivity contribution is -0.136. The van der Waals surface area contributed by atoms with E-state index in [9.17, 15) is 33.6 Å². The first-order valence-electron chi connectivity index (χ1n) is 21.3. The van der Waals surface area contributed by atoms with Gasteiger partial charge in [0, 0.05) is 83.3 Å². The van der Waals surface area contributed by atoms with Crippen LogP contribution in [0.4, 0.5) is 5.82 Å². The van der Waals surface area contributed by atoms with Gasteiger partial charge in [0.25, 0.3) is 17.7 Å². The summed E-state index contributed by atoms with van der Waals surface area (Å²) in [5.41, 5.74) is 1.71. The van der Waals surface area contributed by atoms with E-state index in [1.807, 2.05) is 34.1 Å². The average Bonchev–Trinajstić information content (AvgIpc) is 3.54. The second kappa shape index (κ2) is 20.2. The molecule has 6 heterocycles. The molecule has 4 aliphatic heterocycles. The Morgan fingerprint density at radius 1 is 0.836 bits per heavy atom. The minimum absolute atomic E-state index is 0.00643. The number of fused-ring (bicyclic) bond motifs is 1. The van der Waals surface area contributed by atoms with E-state index in [0.717, 1.165) is 61.5 Å². The van der Waals surface area contributed by atoms with Gasteiger partial charge in [0.1, 0.15) is 17.6 Å². The van der Waals surface area contributed by atoms with E-state index in [1.165, 1.54) is 12.1 Å². The Morgan fingerprint density at radius 2 is 1.66 bits per heavy atom. The van der Waals surface area contributed by atoms with Crippen LogP contribution in [-0.4, -0.2) is 124 Å².